The maximum Gasteiger partial charge on any atom is 0.259 e. The largest absolute Gasteiger partial charge is 0.467 e. The van der Waals surface area contributed by atoms with Crippen LogP contribution in [0.1, 0.15) is 40.2 Å². The highest BCUT2D eigenvalue weighted by molar-refractivity contribution is 6.33. The third-order valence-electron chi connectivity index (χ3n) is 5.75. The second-order valence-electron chi connectivity index (χ2n) is 7.94. The van der Waals surface area contributed by atoms with E-state index in [2.05, 4.69) is 17.0 Å². The van der Waals surface area contributed by atoms with Gasteiger partial charge >= 0.3 is 0 Å². The molecule has 1 aromatic carbocycles. The summed E-state index contributed by atoms with van der Waals surface area (Å²) in [5.41, 5.74) is 2.22. The number of carbonyl (C=O) groups excluding carboxylic acids is 1. The van der Waals surface area contributed by atoms with Crippen LogP contribution in [0, 0.1) is 6.92 Å². The molecule has 1 saturated heterocycles. The third-order valence-corrected chi connectivity index (χ3v) is 6.13. The van der Waals surface area contributed by atoms with Crippen molar-refractivity contribution in [1.82, 2.24) is 19.6 Å². The van der Waals surface area contributed by atoms with Crippen LogP contribution in [-0.2, 0) is 13.1 Å². The Morgan fingerprint density at radius 3 is 2.60 bits per heavy atom. The van der Waals surface area contributed by atoms with Crippen LogP contribution >= 0.6 is 11.6 Å². The monoisotopic (exact) mass is 426 g/mol. The third kappa shape index (κ3) is 4.45. The topological polar surface area (TPSA) is 54.5 Å². The molecular formula is C23H27ClN4O2. The van der Waals surface area contributed by atoms with Gasteiger partial charge in [0.15, 0.2) is 0 Å². The van der Waals surface area contributed by atoms with Crippen molar-refractivity contribution in [2.24, 2.45) is 0 Å². The molecule has 30 heavy (non-hydrogen) atoms. The predicted octanol–water partition coefficient (Wildman–Crippen LogP) is 4.22. The number of likely N-dealkylation sites (tertiary alicyclic amines) is 1. The molecule has 0 atom stereocenters. The number of halogens is 1. The Kier molecular flexibility index (Phi) is 6.25. The minimum atomic E-state index is -0.0808. The first kappa shape index (κ1) is 20.7. The Bertz CT molecular complexity index is 976. The molecule has 0 N–H and O–H groups in total. The van der Waals surface area contributed by atoms with E-state index in [4.69, 9.17) is 16.0 Å². The molecule has 2 aromatic heterocycles. The standard InChI is InChI=1S/C23H27ClN4O2/c1-17-21(22(24)28(25-17)15-18-7-4-3-5-8-18)23(29)27(16-20-9-6-14-30-20)19-10-12-26(2)13-11-19/h3-9,14,19H,10-13,15-16H2,1-2H3. The lowest BCUT2D eigenvalue weighted by Crippen LogP contribution is -2.46. The number of hydrogen-bond donors (Lipinski definition) is 0. The zero-order chi connectivity index (χ0) is 21.1. The van der Waals surface area contributed by atoms with Crippen LogP contribution in [-0.4, -0.2) is 51.7 Å². The summed E-state index contributed by atoms with van der Waals surface area (Å²) in [6, 6.07) is 13.9. The number of carbonyl (C=O) groups is 1. The van der Waals surface area contributed by atoms with Gasteiger partial charge in [-0.05, 0) is 57.6 Å². The van der Waals surface area contributed by atoms with Gasteiger partial charge in [-0.25, -0.2) is 4.68 Å². The van der Waals surface area contributed by atoms with Gasteiger partial charge < -0.3 is 14.2 Å². The highest BCUT2D eigenvalue weighted by Crippen LogP contribution is 2.27. The highest BCUT2D eigenvalue weighted by Gasteiger charge is 2.32. The first-order valence-electron chi connectivity index (χ1n) is 10.3. The summed E-state index contributed by atoms with van der Waals surface area (Å²) in [5.74, 6) is 0.690. The fourth-order valence-electron chi connectivity index (χ4n) is 4.04. The molecule has 7 heteroatoms. The molecule has 1 aliphatic heterocycles. The lowest BCUT2D eigenvalue weighted by Gasteiger charge is -2.37. The van der Waals surface area contributed by atoms with E-state index in [0.29, 0.717) is 29.5 Å². The van der Waals surface area contributed by atoms with Crippen molar-refractivity contribution in [2.45, 2.75) is 38.9 Å². The number of furan rings is 1. The van der Waals surface area contributed by atoms with Gasteiger partial charge in [-0.3, -0.25) is 4.79 Å². The second-order valence-corrected chi connectivity index (χ2v) is 8.30. The number of piperidine rings is 1. The van der Waals surface area contributed by atoms with E-state index in [1.54, 1.807) is 10.9 Å². The van der Waals surface area contributed by atoms with Crippen LogP contribution in [0.2, 0.25) is 5.15 Å². The molecule has 3 heterocycles. The summed E-state index contributed by atoms with van der Waals surface area (Å²) in [6.07, 6.45) is 3.50. The van der Waals surface area contributed by atoms with Crippen LogP contribution in [0.5, 0.6) is 0 Å². The van der Waals surface area contributed by atoms with E-state index in [9.17, 15) is 4.79 Å². The van der Waals surface area contributed by atoms with Crippen LogP contribution in [0.15, 0.2) is 53.1 Å². The summed E-state index contributed by atoms with van der Waals surface area (Å²) in [7, 11) is 2.11. The summed E-state index contributed by atoms with van der Waals surface area (Å²) in [6.45, 7) is 4.74. The van der Waals surface area contributed by atoms with Gasteiger partial charge in [-0.2, -0.15) is 5.10 Å². The lowest BCUT2D eigenvalue weighted by atomic mass is 10.0. The first-order valence-corrected chi connectivity index (χ1v) is 10.7. The Balaban J connectivity index is 1.62. The molecule has 1 fully saturated rings. The Hall–Kier alpha value is -2.57. The first-order chi connectivity index (χ1) is 14.5. The van der Waals surface area contributed by atoms with E-state index in [1.807, 2.05) is 54.3 Å². The molecule has 0 radical (unpaired) electrons. The molecular weight excluding hydrogens is 400 g/mol. The zero-order valence-corrected chi connectivity index (χ0v) is 18.2. The maximum atomic E-state index is 13.7. The lowest BCUT2D eigenvalue weighted by molar-refractivity contribution is 0.0550. The fraction of sp³-hybridized carbons (Fsp3) is 0.391. The number of amides is 1. The average Bonchev–Trinajstić information content (AvgIpc) is 3.35. The van der Waals surface area contributed by atoms with Crippen molar-refractivity contribution in [3.8, 4) is 0 Å². The van der Waals surface area contributed by atoms with Crippen LogP contribution in [0.25, 0.3) is 0 Å². The summed E-state index contributed by atoms with van der Waals surface area (Å²) in [4.78, 5) is 17.9. The molecule has 0 spiro atoms. The van der Waals surface area contributed by atoms with Crippen molar-refractivity contribution in [3.63, 3.8) is 0 Å². The van der Waals surface area contributed by atoms with Gasteiger partial charge in [0.05, 0.1) is 30.6 Å². The quantitative estimate of drug-likeness (QED) is 0.592. The number of rotatable bonds is 6. The van der Waals surface area contributed by atoms with Gasteiger partial charge in [0, 0.05) is 6.04 Å². The van der Waals surface area contributed by atoms with Crippen molar-refractivity contribution < 1.29 is 9.21 Å². The van der Waals surface area contributed by atoms with Crippen molar-refractivity contribution in [3.05, 3.63) is 76.5 Å². The minimum absolute atomic E-state index is 0.0808. The van der Waals surface area contributed by atoms with Crippen LogP contribution in [0.3, 0.4) is 0 Å². The predicted molar refractivity (Wildman–Crippen MR) is 117 cm³/mol. The van der Waals surface area contributed by atoms with E-state index in [0.717, 1.165) is 37.3 Å². The van der Waals surface area contributed by atoms with Gasteiger partial charge in [0.1, 0.15) is 10.9 Å². The molecule has 4 rings (SSSR count). The van der Waals surface area contributed by atoms with E-state index in [-0.39, 0.29) is 11.9 Å². The fourth-order valence-corrected chi connectivity index (χ4v) is 4.36. The van der Waals surface area contributed by atoms with Gasteiger partial charge in [0.25, 0.3) is 5.91 Å². The Labute approximate surface area is 182 Å². The Morgan fingerprint density at radius 1 is 1.20 bits per heavy atom. The smallest absolute Gasteiger partial charge is 0.259 e. The normalized spacial score (nSPS) is 15.4. The molecule has 1 amide bonds. The van der Waals surface area contributed by atoms with Crippen molar-refractivity contribution in [2.75, 3.05) is 20.1 Å². The van der Waals surface area contributed by atoms with Crippen LogP contribution in [0.4, 0.5) is 0 Å². The molecule has 3 aromatic rings. The van der Waals surface area contributed by atoms with Crippen molar-refractivity contribution in [1.29, 1.82) is 0 Å². The molecule has 0 unspecified atom stereocenters. The van der Waals surface area contributed by atoms with Gasteiger partial charge in [-0.1, -0.05) is 41.9 Å². The van der Waals surface area contributed by atoms with E-state index >= 15 is 0 Å². The summed E-state index contributed by atoms with van der Waals surface area (Å²) < 4.78 is 7.26. The number of hydrogen-bond acceptors (Lipinski definition) is 4. The van der Waals surface area contributed by atoms with Gasteiger partial charge in [0.2, 0.25) is 0 Å². The highest BCUT2D eigenvalue weighted by atomic mass is 35.5. The summed E-state index contributed by atoms with van der Waals surface area (Å²) in [5, 5.41) is 4.96. The second kappa shape index (κ2) is 9.06. The molecule has 158 valence electrons. The maximum absolute atomic E-state index is 13.7. The molecule has 1 aliphatic rings. The molecule has 0 bridgehead atoms. The molecule has 0 saturated carbocycles. The molecule has 6 nitrogen and oxygen atoms in total. The van der Waals surface area contributed by atoms with E-state index < -0.39 is 0 Å². The Morgan fingerprint density at radius 2 is 1.93 bits per heavy atom. The number of benzene rings is 1. The van der Waals surface area contributed by atoms with Crippen LogP contribution < -0.4 is 0 Å². The summed E-state index contributed by atoms with van der Waals surface area (Å²) >= 11 is 6.68. The van der Waals surface area contributed by atoms with E-state index in [1.165, 1.54) is 0 Å². The van der Waals surface area contributed by atoms with Crippen molar-refractivity contribution >= 4 is 17.5 Å². The SMILES string of the molecule is Cc1nn(Cc2ccccc2)c(Cl)c1C(=O)N(Cc1ccco1)C1CCN(C)CC1. The van der Waals surface area contributed by atoms with Gasteiger partial charge in [-0.15, -0.1) is 0 Å². The number of aryl methyl sites for hydroxylation is 1. The number of aromatic nitrogens is 2. The number of nitrogens with zero attached hydrogens (tertiary/aromatic N) is 4. The average molecular weight is 427 g/mol. The minimum Gasteiger partial charge on any atom is -0.467 e. The zero-order valence-electron chi connectivity index (χ0n) is 17.4. The molecule has 0 aliphatic carbocycles.